The molecule has 0 amide bonds. The molecule has 5 heteroatoms. The maximum Gasteiger partial charge on any atom is 0.289 e. The number of aryl methyl sites for hydroxylation is 1. The molecule has 0 heterocycles. The second-order valence-electron chi connectivity index (χ2n) is 4.41. The van der Waals surface area contributed by atoms with Gasteiger partial charge in [0.2, 0.25) is 0 Å². The molecule has 2 aromatic rings. The molecule has 19 heavy (non-hydrogen) atoms. The van der Waals surface area contributed by atoms with Gasteiger partial charge >= 0.3 is 0 Å². The van der Waals surface area contributed by atoms with Crippen LogP contribution in [-0.2, 0) is 0 Å². The third-order valence-corrected chi connectivity index (χ3v) is 3.18. The molecule has 3 N–H and O–H groups in total. The number of fused-ring (bicyclic) bond motifs is 1. The van der Waals surface area contributed by atoms with Crippen LogP contribution in [0, 0.1) is 6.92 Å². The van der Waals surface area contributed by atoms with E-state index in [4.69, 9.17) is 10.8 Å². The number of aliphatic hydroxyl groups excluding tert-OH is 1. The minimum absolute atomic E-state index is 0. The molecule has 1 atom stereocenters. The number of hydrogen-bond donors (Lipinski definition) is 2. The zero-order valence-corrected chi connectivity index (χ0v) is 11.3. The molecular formula is C14H16ClF2NO. The molecule has 0 aromatic heterocycles. The van der Waals surface area contributed by atoms with Gasteiger partial charge in [-0.3, -0.25) is 0 Å². The summed E-state index contributed by atoms with van der Waals surface area (Å²) in [4.78, 5) is 0. The van der Waals surface area contributed by atoms with Crippen LogP contribution in [0.2, 0.25) is 0 Å². The molecule has 0 radical (unpaired) electrons. The highest BCUT2D eigenvalue weighted by Gasteiger charge is 2.38. The predicted octanol–water partition coefficient (Wildman–Crippen LogP) is 3.20. The zero-order chi connectivity index (χ0) is 13.3. The molecule has 0 aliphatic carbocycles. The number of halogens is 3. The fourth-order valence-corrected chi connectivity index (χ4v) is 2.07. The SMILES string of the molecule is Cc1ccc([C@@H](N)C(F)(F)CO)c2ccccc12.Cl. The van der Waals surface area contributed by atoms with Crippen molar-refractivity contribution in [3.8, 4) is 0 Å². The Labute approximate surface area is 116 Å². The molecule has 0 aliphatic rings. The lowest BCUT2D eigenvalue weighted by Gasteiger charge is -2.23. The van der Waals surface area contributed by atoms with Crippen molar-refractivity contribution in [3.63, 3.8) is 0 Å². The Morgan fingerprint density at radius 2 is 1.74 bits per heavy atom. The number of rotatable bonds is 3. The van der Waals surface area contributed by atoms with E-state index in [-0.39, 0.29) is 12.4 Å². The van der Waals surface area contributed by atoms with Crippen LogP contribution < -0.4 is 5.73 Å². The van der Waals surface area contributed by atoms with Gasteiger partial charge in [0.1, 0.15) is 6.61 Å². The smallest absolute Gasteiger partial charge is 0.289 e. The predicted molar refractivity (Wildman–Crippen MR) is 74.9 cm³/mol. The van der Waals surface area contributed by atoms with Gasteiger partial charge in [-0.25, -0.2) is 8.78 Å². The monoisotopic (exact) mass is 287 g/mol. The Kier molecular flexibility index (Phi) is 4.85. The molecule has 0 aliphatic heterocycles. The van der Waals surface area contributed by atoms with Crippen molar-refractivity contribution < 1.29 is 13.9 Å². The fraction of sp³-hybridized carbons (Fsp3) is 0.286. The van der Waals surface area contributed by atoms with Gasteiger partial charge < -0.3 is 10.8 Å². The molecule has 2 aromatic carbocycles. The lowest BCUT2D eigenvalue weighted by atomic mass is 9.93. The average molecular weight is 288 g/mol. The summed E-state index contributed by atoms with van der Waals surface area (Å²) >= 11 is 0. The molecule has 0 unspecified atom stereocenters. The van der Waals surface area contributed by atoms with Gasteiger partial charge in [0.25, 0.3) is 5.92 Å². The molecule has 0 saturated heterocycles. The first-order valence-corrected chi connectivity index (χ1v) is 5.70. The summed E-state index contributed by atoms with van der Waals surface area (Å²) in [7, 11) is 0. The largest absolute Gasteiger partial charge is 0.390 e. The van der Waals surface area contributed by atoms with Crippen LogP contribution in [0.25, 0.3) is 10.8 Å². The van der Waals surface area contributed by atoms with Crippen LogP contribution in [0.1, 0.15) is 17.2 Å². The topological polar surface area (TPSA) is 46.2 Å². The van der Waals surface area contributed by atoms with E-state index in [9.17, 15) is 8.78 Å². The molecule has 0 saturated carbocycles. The molecule has 2 nitrogen and oxygen atoms in total. The first-order chi connectivity index (χ1) is 8.47. The molecule has 0 fully saturated rings. The van der Waals surface area contributed by atoms with E-state index in [1.807, 2.05) is 19.1 Å². The van der Waals surface area contributed by atoms with E-state index in [0.717, 1.165) is 10.9 Å². The lowest BCUT2D eigenvalue weighted by Crippen LogP contribution is -2.36. The third-order valence-electron chi connectivity index (χ3n) is 3.18. The van der Waals surface area contributed by atoms with Crippen molar-refractivity contribution in [3.05, 3.63) is 47.5 Å². The van der Waals surface area contributed by atoms with Gasteiger partial charge in [-0.05, 0) is 28.8 Å². The van der Waals surface area contributed by atoms with Crippen molar-refractivity contribution in [1.82, 2.24) is 0 Å². The molecule has 0 bridgehead atoms. The standard InChI is InChI=1S/C14H15F2NO.ClH/c1-9-6-7-12(13(17)14(15,16)8-18)11-5-3-2-4-10(9)11;/h2-7,13,18H,8,17H2,1H3;1H/t13-;/m1./s1. The first-order valence-electron chi connectivity index (χ1n) is 5.70. The van der Waals surface area contributed by atoms with Crippen molar-refractivity contribution in [1.29, 1.82) is 0 Å². The van der Waals surface area contributed by atoms with Crippen molar-refractivity contribution in [2.24, 2.45) is 5.73 Å². The highest BCUT2D eigenvalue weighted by atomic mass is 35.5. The minimum Gasteiger partial charge on any atom is -0.390 e. The lowest BCUT2D eigenvalue weighted by molar-refractivity contribution is -0.0708. The highest BCUT2D eigenvalue weighted by Crippen LogP contribution is 2.34. The second-order valence-corrected chi connectivity index (χ2v) is 4.41. The van der Waals surface area contributed by atoms with Crippen molar-refractivity contribution in [2.45, 2.75) is 18.9 Å². The molecule has 2 rings (SSSR count). The van der Waals surface area contributed by atoms with Gasteiger partial charge in [-0.15, -0.1) is 12.4 Å². The highest BCUT2D eigenvalue weighted by molar-refractivity contribution is 5.89. The summed E-state index contributed by atoms with van der Waals surface area (Å²) < 4.78 is 27.0. The summed E-state index contributed by atoms with van der Waals surface area (Å²) in [5.74, 6) is -3.32. The quantitative estimate of drug-likeness (QED) is 0.911. The summed E-state index contributed by atoms with van der Waals surface area (Å²) in [6, 6.07) is 9.15. The molecule has 0 spiro atoms. The van der Waals surface area contributed by atoms with Crippen LogP contribution in [0.4, 0.5) is 8.78 Å². The number of aliphatic hydroxyl groups is 1. The number of alkyl halides is 2. The van der Waals surface area contributed by atoms with Gasteiger partial charge in [0, 0.05) is 0 Å². The summed E-state index contributed by atoms with van der Waals surface area (Å²) in [6.45, 7) is 0.665. The number of nitrogens with two attached hydrogens (primary N) is 1. The maximum atomic E-state index is 13.5. The van der Waals surface area contributed by atoms with Gasteiger partial charge in [-0.2, -0.15) is 0 Å². The summed E-state index contributed by atoms with van der Waals surface area (Å²) in [5, 5.41) is 10.3. The molecule has 104 valence electrons. The Hall–Kier alpha value is -1.23. The van der Waals surface area contributed by atoms with Gasteiger partial charge in [-0.1, -0.05) is 36.4 Å². The first kappa shape index (κ1) is 15.8. The fourth-order valence-electron chi connectivity index (χ4n) is 2.07. The third kappa shape index (κ3) is 2.86. The summed E-state index contributed by atoms with van der Waals surface area (Å²) in [5.41, 5.74) is 6.95. The average Bonchev–Trinajstić information content (AvgIpc) is 2.39. The van der Waals surface area contributed by atoms with E-state index in [0.29, 0.717) is 10.9 Å². The van der Waals surface area contributed by atoms with E-state index in [1.54, 1.807) is 24.3 Å². The van der Waals surface area contributed by atoms with Crippen LogP contribution in [0.3, 0.4) is 0 Å². The van der Waals surface area contributed by atoms with Crippen molar-refractivity contribution in [2.75, 3.05) is 6.61 Å². The number of benzene rings is 2. The minimum atomic E-state index is -3.32. The van der Waals surface area contributed by atoms with E-state index >= 15 is 0 Å². The van der Waals surface area contributed by atoms with Crippen LogP contribution in [0.5, 0.6) is 0 Å². The van der Waals surface area contributed by atoms with Crippen LogP contribution in [0.15, 0.2) is 36.4 Å². The van der Waals surface area contributed by atoms with E-state index in [1.165, 1.54) is 0 Å². The van der Waals surface area contributed by atoms with Crippen LogP contribution >= 0.6 is 12.4 Å². The van der Waals surface area contributed by atoms with Gasteiger partial charge in [0.05, 0.1) is 6.04 Å². The zero-order valence-electron chi connectivity index (χ0n) is 10.4. The normalized spacial score (nSPS) is 13.1. The van der Waals surface area contributed by atoms with Crippen molar-refractivity contribution >= 4 is 23.2 Å². The number of hydrogen-bond acceptors (Lipinski definition) is 2. The summed E-state index contributed by atoms with van der Waals surface area (Å²) in [6.07, 6.45) is 0. The van der Waals surface area contributed by atoms with Gasteiger partial charge in [0.15, 0.2) is 0 Å². The second kappa shape index (κ2) is 5.82. The Balaban J connectivity index is 0.00000180. The van der Waals surface area contributed by atoms with Crippen LogP contribution in [-0.4, -0.2) is 17.6 Å². The van der Waals surface area contributed by atoms with E-state index < -0.39 is 18.6 Å². The maximum absolute atomic E-state index is 13.5. The molecular weight excluding hydrogens is 272 g/mol. The Bertz CT molecular complexity index is 574. The van der Waals surface area contributed by atoms with E-state index in [2.05, 4.69) is 0 Å². The Morgan fingerprint density at radius 3 is 2.32 bits per heavy atom. The Morgan fingerprint density at radius 1 is 1.16 bits per heavy atom.